The third kappa shape index (κ3) is 4.86. The van der Waals surface area contributed by atoms with Gasteiger partial charge in [0, 0.05) is 19.6 Å². The lowest BCUT2D eigenvalue weighted by Crippen LogP contribution is -2.40. The number of hydrogen-bond donors (Lipinski definition) is 1. The van der Waals surface area contributed by atoms with Gasteiger partial charge in [-0.2, -0.15) is 11.3 Å². The van der Waals surface area contributed by atoms with Crippen LogP contribution in [0.3, 0.4) is 0 Å². The van der Waals surface area contributed by atoms with Crippen LogP contribution in [-0.4, -0.2) is 31.0 Å². The minimum Gasteiger partial charge on any atom is -0.497 e. The minimum atomic E-state index is 0.0489. The summed E-state index contributed by atoms with van der Waals surface area (Å²) >= 11 is 1.71. The fourth-order valence-electron chi connectivity index (χ4n) is 3.91. The highest BCUT2D eigenvalue weighted by molar-refractivity contribution is 7.07. The highest BCUT2D eigenvalue weighted by Crippen LogP contribution is 2.28. The van der Waals surface area contributed by atoms with Crippen LogP contribution >= 0.6 is 11.3 Å². The highest BCUT2D eigenvalue weighted by Gasteiger charge is 2.25. The van der Waals surface area contributed by atoms with E-state index in [0.717, 1.165) is 30.8 Å². The zero-order valence-electron chi connectivity index (χ0n) is 16.6. The third-order valence-corrected chi connectivity index (χ3v) is 6.25. The maximum absolute atomic E-state index is 12.6. The van der Waals surface area contributed by atoms with Gasteiger partial charge in [-0.15, -0.1) is 0 Å². The van der Waals surface area contributed by atoms with Gasteiger partial charge in [-0.25, -0.2) is 0 Å². The van der Waals surface area contributed by atoms with Gasteiger partial charge in [0.15, 0.2) is 0 Å². The molecule has 0 unspecified atom stereocenters. The summed E-state index contributed by atoms with van der Waals surface area (Å²) in [7, 11) is 1.64. The molecule has 0 radical (unpaired) electrons. The molecule has 0 saturated carbocycles. The van der Waals surface area contributed by atoms with E-state index < -0.39 is 0 Å². The summed E-state index contributed by atoms with van der Waals surface area (Å²) in [5, 5.41) is 7.47. The number of fused-ring (bicyclic) bond motifs is 1. The molecule has 0 fully saturated rings. The van der Waals surface area contributed by atoms with Gasteiger partial charge in [0.1, 0.15) is 5.75 Å². The molecular formula is C24H26N2O2S. The van der Waals surface area contributed by atoms with E-state index in [1.54, 1.807) is 18.4 Å². The first-order valence-corrected chi connectivity index (χ1v) is 10.9. The average Bonchev–Trinajstić information content (AvgIpc) is 3.29. The number of rotatable bonds is 7. The third-order valence-electron chi connectivity index (χ3n) is 5.55. The topological polar surface area (TPSA) is 41.6 Å². The van der Waals surface area contributed by atoms with Crippen molar-refractivity contribution in [1.82, 2.24) is 10.2 Å². The van der Waals surface area contributed by atoms with Gasteiger partial charge in [-0.05, 0) is 57.6 Å². The van der Waals surface area contributed by atoms with Crippen molar-refractivity contribution in [1.29, 1.82) is 0 Å². The molecule has 3 aromatic rings. The normalized spacial score (nSPS) is 14.8. The Bertz CT molecular complexity index is 938. The van der Waals surface area contributed by atoms with E-state index in [2.05, 4.69) is 51.3 Å². The minimum absolute atomic E-state index is 0.0489. The van der Waals surface area contributed by atoms with Crippen LogP contribution in [0.25, 0.3) is 0 Å². The van der Waals surface area contributed by atoms with E-state index in [1.165, 1.54) is 16.7 Å². The van der Waals surface area contributed by atoms with Crippen molar-refractivity contribution in [2.24, 2.45) is 0 Å². The first-order chi connectivity index (χ1) is 14.2. The van der Waals surface area contributed by atoms with E-state index in [1.807, 2.05) is 24.3 Å². The monoisotopic (exact) mass is 406 g/mol. The van der Waals surface area contributed by atoms with Gasteiger partial charge in [-0.1, -0.05) is 36.4 Å². The quantitative estimate of drug-likeness (QED) is 0.639. The molecule has 1 amide bonds. The number of carbonyl (C=O) groups excluding carboxylic acids is 1. The van der Waals surface area contributed by atoms with Crippen molar-refractivity contribution in [3.63, 3.8) is 0 Å². The molecule has 1 aromatic heterocycles. The molecule has 5 heteroatoms. The van der Waals surface area contributed by atoms with E-state index in [-0.39, 0.29) is 11.9 Å². The van der Waals surface area contributed by atoms with E-state index in [0.29, 0.717) is 13.0 Å². The molecular weight excluding hydrogens is 380 g/mol. The molecule has 29 heavy (non-hydrogen) atoms. The van der Waals surface area contributed by atoms with Crippen LogP contribution < -0.4 is 10.1 Å². The van der Waals surface area contributed by atoms with Gasteiger partial charge >= 0.3 is 0 Å². The summed E-state index contributed by atoms with van der Waals surface area (Å²) < 4.78 is 5.18. The van der Waals surface area contributed by atoms with Gasteiger partial charge in [0.05, 0.1) is 19.6 Å². The first kappa shape index (κ1) is 19.7. The van der Waals surface area contributed by atoms with Crippen molar-refractivity contribution < 1.29 is 9.53 Å². The molecule has 0 aliphatic carbocycles. The molecule has 4 nitrogen and oxygen atoms in total. The number of benzene rings is 2. The summed E-state index contributed by atoms with van der Waals surface area (Å²) in [6, 6.07) is 18.7. The lowest BCUT2D eigenvalue weighted by atomic mass is 9.97. The Morgan fingerprint density at radius 2 is 1.93 bits per heavy atom. The number of methoxy groups -OCH3 is 1. The number of hydrogen-bond acceptors (Lipinski definition) is 4. The maximum Gasteiger partial charge on any atom is 0.224 e. The van der Waals surface area contributed by atoms with Crippen molar-refractivity contribution >= 4 is 17.2 Å². The predicted octanol–water partition coefficient (Wildman–Crippen LogP) is 4.22. The van der Waals surface area contributed by atoms with Crippen molar-refractivity contribution in [3.05, 3.63) is 87.6 Å². The predicted molar refractivity (Wildman–Crippen MR) is 117 cm³/mol. The molecule has 150 valence electrons. The second-order valence-corrected chi connectivity index (χ2v) is 8.17. The summed E-state index contributed by atoms with van der Waals surface area (Å²) in [4.78, 5) is 15.0. The number of amides is 1. The van der Waals surface area contributed by atoms with Gasteiger partial charge in [0.25, 0.3) is 0 Å². The molecule has 1 atom stereocenters. The lowest BCUT2D eigenvalue weighted by Gasteiger charge is -2.35. The Labute approximate surface area is 176 Å². The largest absolute Gasteiger partial charge is 0.497 e. The highest BCUT2D eigenvalue weighted by atomic mass is 32.1. The van der Waals surface area contributed by atoms with Crippen LogP contribution in [0.5, 0.6) is 5.75 Å². The van der Waals surface area contributed by atoms with Crippen LogP contribution in [0.2, 0.25) is 0 Å². The second-order valence-electron chi connectivity index (χ2n) is 7.39. The van der Waals surface area contributed by atoms with E-state index in [4.69, 9.17) is 4.74 Å². The first-order valence-electron chi connectivity index (χ1n) is 9.95. The van der Waals surface area contributed by atoms with Gasteiger partial charge in [-0.3, -0.25) is 9.69 Å². The zero-order valence-corrected chi connectivity index (χ0v) is 17.5. The lowest BCUT2D eigenvalue weighted by molar-refractivity contribution is -0.120. The average molecular weight is 407 g/mol. The summed E-state index contributed by atoms with van der Waals surface area (Å²) in [6.07, 6.45) is 1.43. The fourth-order valence-corrected chi connectivity index (χ4v) is 4.61. The smallest absolute Gasteiger partial charge is 0.224 e. The number of carbonyl (C=O) groups is 1. The van der Waals surface area contributed by atoms with Crippen LogP contribution in [0.15, 0.2) is 65.4 Å². The second kappa shape index (κ2) is 9.25. The van der Waals surface area contributed by atoms with Crippen LogP contribution in [0.4, 0.5) is 0 Å². The number of thiophene rings is 1. The molecule has 2 heterocycles. The Hall–Kier alpha value is -2.63. The standard InChI is InChI=1S/C24H26N2O2S/c1-28-22-8-6-18(7-9-22)14-24(27)25-15-23(21-11-13-29-17-21)26-12-10-19-4-2-3-5-20(19)16-26/h2-9,11,13,17,23H,10,12,14-16H2,1H3,(H,25,27)/t23-/m0/s1. The van der Waals surface area contributed by atoms with E-state index >= 15 is 0 Å². The molecule has 4 rings (SSSR count). The maximum atomic E-state index is 12.6. The Morgan fingerprint density at radius 3 is 2.66 bits per heavy atom. The Balaban J connectivity index is 1.41. The van der Waals surface area contributed by atoms with Crippen LogP contribution in [0, 0.1) is 0 Å². The van der Waals surface area contributed by atoms with Crippen molar-refractivity contribution in [2.45, 2.75) is 25.4 Å². The fraction of sp³-hybridized carbons (Fsp3) is 0.292. The van der Waals surface area contributed by atoms with Gasteiger partial charge < -0.3 is 10.1 Å². The molecule has 1 aliphatic heterocycles. The van der Waals surface area contributed by atoms with E-state index in [9.17, 15) is 4.79 Å². The van der Waals surface area contributed by atoms with Crippen molar-refractivity contribution in [3.8, 4) is 5.75 Å². The van der Waals surface area contributed by atoms with Crippen LogP contribution in [-0.2, 0) is 24.2 Å². The number of ether oxygens (including phenoxy) is 1. The Kier molecular flexibility index (Phi) is 6.27. The molecule has 0 saturated heterocycles. The van der Waals surface area contributed by atoms with Gasteiger partial charge in [0.2, 0.25) is 5.91 Å². The zero-order chi connectivity index (χ0) is 20.1. The summed E-state index contributed by atoms with van der Waals surface area (Å²) in [5.74, 6) is 0.852. The molecule has 0 spiro atoms. The summed E-state index contributed by atoms with van der Waals surface area (Å²) in [5.41, 5.74) is 5.10. The SMILES string of the molecule is COc1ccc(CC(=O)NC[C@@H](c2ccsc2)N2CCc3ccccc3C2)cc1. The van der Waals surface area contributed by atoms with Crippen LogP contribution in [0.1, 0.15) is 28.3 Å². The Morgan fingerprint density at radius 1 is 1.14 bits per heavy atom. The molecule has 1 aliphatic rings. The molecule has 0 bridgehead atoms. The number of nitrogens with zero attached hydrogens (tertiary/aromatic N) is 1. The summed E-state index contributed by atoms with van der Waals surface area (Å²) in [6.45, 7) is 2.55. The molecule has 2 aromatic carbocycles. The number of nitrogens with one attached hydrogen (secondary N) is 1. The molecule has 1 N–H and O–H groups in total. The van der Waals surface area contributed by atoms with Crippen molar-refractivity contribution in [2.75, 3.05) is 20.2 Å².